The van der Waals surface area contributed by atoms with E-state index < -0.39 is 35.4 Å². The van der Waals surface area contributed by atoms with E-state index in [2.05, 4.69) is 0 Å². The largest absolute Gasteiger partial charge is 0.486 e. The van der Waals surface area contributed by atoms with Crippen LogP contribution in [0, 0.1) is 0 Å². The van der Waals surface area contributed by atoms with E-state index in [0.717, 1.165) is 12.1 Å². The van der Waals surface area contributed by atoms with E-state index >= 15 is 0 Å². The first-order chi connectivity index (χ1) is 14.3. The molecule has 1 fully saturated rings. The Kier molecular flexibility index (Phi) is 5.46. The quantitative estimate of drug-likeness (QED) is 0.822. The topological polar surface area (TPSA) is 68.2 Å². The van der Waals surface area contributed by atoms with Crippen molar-refractivity contribution in [2.45, 2.75) is 24.8 Å². The van der Waals surface area contributed by atoms with Gasteiger partial charge in [0.25, 0.3) is 5.91 Å². The van der Waals surface area contributed by atoms with Gasteiger partial charge in [0.05, 0.1) is 17.7 Å². The molecule has 0 radical (unpaired) electrons. The Morgan fingerprint density at radius 3 is 2.63 bits per heavy atom. The minimum atomic E-state index is -4.64. The molecular weight excluding hydrogens is 403 g/mol. The molecule has 4 rings (SSSR count). The molecular formula is C21H20F3NO5. The van der Waals surface area contributed by atoms with Crippen LogP contribution in [0.25, 0.3) is 0 Å². The number of ether oxygens (including phenoxy) is 3. The van der Waals surface area contributed by atoms with Crippen molar-refractivity contribution >= 4 is 5.91 Å². The van der Waals surface area contributed by atoms with E-state index in [0.29, 0.717) is 30.5 Å². The number of nitrogens with zero attached hydrogens (tertiary/aromatic N) is 1. The van der Waals surface area contributed by atoms with E-state index in [9.17, 15) is 23.1 Å². The van der Waals surface area contributed by atoms with Crippen molar-refractivity contribution in [1.29, 1.82) is 0 Å². The molecule has 2 aromatic rings. The zero-order chi connectivity index (χ0) is 21.3. The molecule has 2 atom stereocenters. The number of fused-ring (bicyclic) bond motifs is 1. The van der Waals surface area contributed by atoms with Crippen LogP contribution in [0.2, 0.25) is 0 Å². The number of halogens is 3. The minimum Gasteiger partial charge on any atom is -0.486 e. The summed E-state index contributed by atoms with van der Waals surface area (Å²) in [6.45, 7) is 0.821. The average Bonchev–Trinajstić information content (AvgIpc) is 2.74. The lowest BCUT2D eigenvalue weighted by molar-refractivity contribution is -0.138. The van der Waals surface area contributed by atoms with Crippen LogP contribution in [0.1, 0.15) is 22.3 Å². The maximum atomic E-state index is 13.2. The second kappa shape index (κ2) is 8.06. The summed E-state index contributed by atoms with van der Waals surface area (Å²) in [7, 11) is 0. The lowest BCUT2D eigenvalue weighted by Gasteiger charge is -2.36. The fourth-order valence-electron chi connectivity index (χ4n) is 3.62. The molecule has 0 saturated carbocycles. The Labute approximate surface area is 170 Å². The number of β-amino-alcohol motifs (C(OH)–C–C–N with tert-alkyl or cyclic N) is 1. The molecule has 2 heterocycles. The minimum absolute atomic E-state index is 0.137. The van der Waals surface area contributed by atoms with E-state index in [1.54, 1.807) is 18.2 Å². The molecule has 9 heteroatoms. The SMILES string of the molecule is O=C(c1ccccc1C(F)(F)F)N1CC[C@@H](Oc2cccc3c2OCCO3)[C@H](O)C1. The molecule has 2 aromatic carbocycles. The summed E-state index contributed by atoms with van der Waals surface area (Å²) in [6.07, 6.45) is -6.09. The molecule has 0 spiro atoms. The summed E-state index contributed by atoms with van der Waals surface area (Å²) < 4.78 is 56.7. The normalized spacial score (nSPS) is 21.3. The zero-order valence-corrected chi connectivity index (χ0v) is 15.9. The molecule has 1 N–H and O–H groups in total. The van der Waals surface area contributed by atoms with Gasteiger partial charge in [0.2, 0.25) is 5.75 Å². The van der Waals surface area contributed by atoms with Crippen LogP contribution in [0.5, 0.6) is 17.2 Å². The van der Waals surface area contributed by atoms with Gasteiger partial charge in [-0.1, -0.05) is 18.2 Å². The first-order valence-electron chi connectivity index (χ1n) is 9.53. The van der Waals surface area contributed by atoms with Gasteiger partial charge in [-0.2, -0.15) is 13.2 Å². The Morgan fingerprint density at radius 1 is 1.10 bits per heavy atom. The van der Waals surface area contributed by atoms with Crippen LogP contribution in [0.3, 0.4) is 0 Å². The highest BCUT2D eigenvalue weighted by Crippen LogP contribution is 2.40. The second-order valence-corrected chi connectivity index (χ2v) is 7.09. The molecule has 30 heavy (non-hydrogen) atoms. The summed E-state index contributed by atoms with van der Waals surface area (Å²) in [6, 6.07) is 9.82. The Balaban J connectivity index is 1.46. The Hall–Kier alpha value is -2.94. The van der Waals surface area contributed by atoms with Crippen molar-refractivity contribution in [3.63, 3.8) is 0 Å². The van der Waals surface area contributed by atoms with Crippen LogP contribution in [-0.2, 0) is 6.18 Å². The van der Waals surface area contributed by atoms with E-state index in [-0.39, 0.29) is 19.5 Å². The van der Waals surface area contributed by atoms with Crippen LogP contribution < -0.4 is 14.2 Å². The number of hydrogen-bond donors (Lipinski definition) is 1. The van der Waals surface area contributed by atoms with Gasteiger partial charge in [-0.05, 0) is 24.3 Å². The maximum Gasteiger partial charge on any atom is 0.417 e. The van der Waals surface area contributed by atoms with E-state index in [1.165, 1.54) is 17.0 Å². The van der Waals surface area contributed by atoms with Crippen LogP contribution in [0.4, 0.5) is 13.2 Å². The molecule has 0 aromatic heterocycles. The van der Waals surface area contributed by atoms with Gasteiger partial charge in [0.1, 0.15) is 25.4 Å². The lowest BCUT2D eigenvalue weighted by Crippen LogP contribution is -2.51. The summed E-state index contributed by atoms with van der Waals surface area (Å²) in [5.74, 6) is 0.644. The number of likely N-dealkylation sites (tertiary alicyclic amines) is 1. The van der Waals surface area contributed by atoms with Gasteiger partial charge in [-0.15, -0.1) is 0 Å². The first-order valence-corrected chi connectivity index (χ1v) is 9.53. The van der Waals surface area contributed by atoms with Crippen molar-refractivity contribution in [2.75, 3.05) is 26.3 Å². The number of amides is 1. The lowest BCUT2D eigenvalue weighted by atomic mass is 10.0. The highest BCUT2D eigenvalue weighted by atomic mass is 19.4. The highest BCUT2D eigenvalue weighted by molar-refractivity contribution is 5.96. The number of aliphatic hydroxyl groups excluding tert-OH is 1. The van der Waals surface area contributed by atoms with Gasteiger partial charge in [-0.3, -0.25) is 4.79 Å². The summed E-state index contributed by atoms with van der Waals surface area (Å²) in [5.41, 5.74) is -1.42. The van der Waals surface area contributed by atoms with E-state index in [4.69, 9.17) is 14.2 Å². The molecule has 0 bridgehead atoms. The van der Waals surface area contributed by atoms with Crippen LogP contribution >= 0.6 is 0 Å². The third kappa shape index (κ3) is 4.02. The van der Waals surface area contributed by atoms with Crippen molar-refractivity contribution in [1.82, 2.24) is 4.90 Å². The fourth-order valence-corrected chi connectivity index (χ4v) is 3.62. The zero-order valence-electron chi connectivity index (χ0n) is 15.9. The molecule has 6 nitrogen and oxygen atoms in total. The van der Waals surface area contributed by atoms with Crippen LogP contribution in [-0.4, -0.2) is 54.4 Å². The number of carbonyl (C=O) groups is 1. The predicted molar refractivity (Wildman–Crippen MR) is 99.8 cm³/mol. The van der Waals surface area contributed by atoms with Gasteiger partial charge in [0, 0.05) is 13.0 Å². The van der Waals surface area contributed by atoms with Crippen molar-refractivity contribution in [2.24, 2.45) is 0 Å². The van der Waals surface area contributed by atoms with Crippen LogP contribution in [0.15, 0.2) is 42.5 Å². The van der Waals surface area contributed by atoms with Gasteiger partial charge in [-0.25, -0.2) is 0 Å². The van der Waals surface area contributed by atoms with Gasteiger partial charge < -0.3 is 24.2 Å². The molecule has 0 aliphatic carbocycles. The standard InChI is InChI=1S/C21H20F3NO5/c22-21(23,24)14-5-2-1-4-13(14)20(27)25-9-8-16(15(26)12-25)30-18-7-3-6-17-19(18)29-11-10-28-17/h1-7,15-16,26H,8-12H2/t15-,16-/m1/s1. The van der Waals surface area contributed by atoms with Crippen molar-refractivity contribution < 1.29 is 37.3 Å². The smallest absolute Gasteiger partial charge is 0.417 e. The number of carbonyl (C=O) groups excluding carboxylic acids is 1. The summed E-state index contributed by atoms with van der Waals surface area (Å²) >= 11 is 0. The number of benzene rings is 2. The maximum absolute atomic E-state index is 13.2. The molecule has 1 amide bonds. The van der Waals surface area contributed by atoms with E-state index in [1.807, 2.05) is 0 Å². The third-order valence-corrected chi connectivity index (χ3v) is 5.08. The molecule has 0 unspecified atom stereocenters. The number of hydrogen-bond acceptors (Lipinski definition) is 5. The summed E-state index contributed by atoms with van der Waals surface area (Å²) in [5, 5.41) is 10.5. The molecule has 160 valence electrons. The third-order valence-electron chi connectivity index (χ3n) is 5.08. The fraction of sp³-hybridized carbons (Fsp3) is 0.381. The van der Waals surface area contributed by atoms with Crippen molar-refractivity contribution in [3.8, 4) is 17.2 Å². The number of alkyl halides is 3. The Morgan fingerprint density at radius 2 is 1.87 bits per heavy atom. The second-order valence-electron chi connectivity index (χ2n) is 7.09. The monoisotopic (exact) mass is 423 g/mol. The molecule has 2 aliphatic heterocycles. The van der Waals surface area contributed by atoms with Crippen molar-refractivity contribution in [3.05, 3.63) is 53.6 Å². The summed E-state index contributed by atoms with van der Waals surface area (Å²) in [4.78, 5) is 13.9. The predicted octanol–water partition coefficient (Wildman–Crippen LogP) is 3.13. The first kappa shape index (κ1) is 20.3. The molecule has 1 saturated heterocycles. The highest BCUT2D eigenvalue weighted by Gasteiger charge is 2.38. The molecule has 2 aliphatic rings. The number of rotatable bonds is 3. The number of aliphatic hydroxyl groups is 1. The van der Waals surface area contributed by atoms with Gasteiger partial charge >= 0.3 is 6.18 Å². The van der Waals surface area contributed by atoms with Gasteiger partial charge in [0.15, 0.2) is 11.5 Å². The average molecular weight is 423 g/mol. The number of piperidine rings is 1. The Bertz CT molecular complexity index is 933. The number of para-hydroxylation sites is 1.